The van der Waals surface area contributed by atoms with Gasteiger partial charge >= 0.3 is 0 Å². The standard InChI is InChI=1S/C15H18N4O/c1-3-19(12-6-4-5-11(2)9-12)14-10-17-8-7-13(14)15(16)18-20/h4-10,20H,3H2,1-2H3,(H2,16,18). The summed E-state index contributed by atoms with van der Waals surface area (Å²) in [5.74, 6) is 0.0773. The van der Waals surface area contributed by atoms with Gasteiger partial charge in [0.2, 0.25) is 0 Å². The first-order valence-electron chi connectivity index (χ1n) is 6.43. The van der Waals surface area contributed by atoms with Crippen LogP contribution >= 0.6 is 0 Å². The molecule has 0 aliphatic rings. The van der Waals surface area contributed by atoms with Crippen molar-refractivity contribution in [1.82, 2.24) is 4.98 Å². The van der Waals surface area contributed by atoms with E-state index in [1.54, 1.807) is 18.5 Å². The monoisotopic (exact) mass is 270 g/mol. The summed E-state index contributed by atoms with van der Waals surface area (Å²) in [6.45, 7) is 4.84. The minimum atomic E-state index is 0.0773. The fraction of sp³-hybridized carbons (Fsp3) is 0.200. The number of benzene rings is 1. The Labute approximate surface area is 118 Å². The average Bonchev–Trinajstić information content (AvgIpc) is 2.48. The van der Waals surface area contributed by atoms with E-state index in [-0.39, 0.29) is 5.84 Å². The number of rotatable bonds is 4. The second-order valence-electron chi connectivity index (χ2n) is 4.46. The Kier molecular flexibility index (Phi) is 4.20. The van der Waals surface area contributed by atoms with Gasteiger partial charge in [-0.15, -0.1) is 0 Å². The fourth-order valence-corrected chi connectivity index (χ4v) is 2.16. The molecule has 0 amide bonds. The quantitative estimate of drug-likeness (QED) is 0.387. The third-order valence-electron chi connectivity index (χ3n) is 3.10. The van der Waals surface area contributed by atoms with Crippen molar-refractivity contribution in [2.75, 3.05) is 11.4 Å². The highest BCUT2D eigenvalue weighted by Gasteiger charge is 2.14. The van der Waals surface area contributed by atoms with Crippen LogP contribution in [0, 0.1) is 6.92 Å². The zero-order valence-corrected chi connectivity index (χ0v) is 11.6. The molecule has 1 aromatic heterocycles. The molecule has 0 saturated heterocycles. The molecule has 3 N–H and O–H groups in total. The minimum absolute atomic E-state index is 0.0773. The number of nitrogens with two attached hydrogens (primary N) is 1. The second kappa shape index (κ2) is 6.06. The highest BCUT2D eigenvalue weighted by atomic mass is 16.4. The Morgan fingerprint density at radius 3 is 2.85 bits per heavy atom. The molecule has 0 spiro atoms. The number of aromatic nitrogens is 1. The summed E-state index contributed by atoms with van der Waals surface area (Å²) in [4.78, 5) is 6.22. The Morgan fingerprint density at radius 2 is 2.20 bits per heavy atom. The lowest BCUT2D eigenvalue weighted by Crippen LogP contribution is -2.22. The third-order valence-corrected chi connectivity index (χ3v) is 3.10. The summed E-state index contributed by atoms with van der Waals surface area (Å²) in [5, 5.41) is 12.0. The first-order chi connectivity index (χ1) is 9.67. The molecule has 0 saturated carbocycles. The molecule has 5 heteroatoms. The number of hydrogen-bond donors (Lipinski definition) is 2. The van der Waals surface area contributed by atoms with E-state index in [0.717, 1.165) is 17.9 Å². The molecular formula is C15H18N4O. The molecule has 0 bridgehead atoms. The first-order valence-corrected chi connectivity index (χ1v) is 6.43. The molecule has 0 aliphatic carbocycles. The van der Waals surface area contributed by atoms with Crippen LogP contribution in [0.25, 0.3) is 0 Å². The number of amidine groups is 1. The molecule has 2 aromatic rings. The van der Waals surface area contributed by atoms with E-state index in [1.807, 2.05) is 32.0 Å². The molecule has 0 radical (unpaired) electrons. The van der Waals surface area contributed by atoms with E-state index >= 15 is 0 Å². The number of oxime groups is 1. The van der Waals surface area contributed by atoms with Crippen molar-refractivity contribution in [2.24, 2.45) is 10.9 Å². The summed E-state index contributed by atoms with van der Waals surface area (Å²) in [6, 6.07) is 9.91. The van der Waals surface area contributed by atoms with Gasteiger partial charge in [-0.3, -0.25) is 4.98 Å². The van der Waals surface area contributed by atoms with Crippen molar-refractivity contribution in [2.45, 2.75) is 13.8 Å². The summed E-state index contributed by atoms with van der Waals surface area (Å²) in [7, 11) is 0. The van der Waals surface area contributed by atoms with Gasteiger partial charge in [-0.25, -0.2) is 0 Å². The molecule has 1 aromatic carbocycles. The maximum absolute atomic E-state index is 8.91. The second-order valence-corrected chi connectivity index (χ2v) is 4.46. The van der Waals surface area contributed by atoms with Crippen LogP contribution in [0.5, 0.6) is 0 Å². The molecule has 0 unspecified atom stereocenters. The van der Waals surface area contributed by atoms with Gasteiger partial charge in [0.15, 0.2) is 5.84 Å². The summed E-state index contributed by atoms with van der Waals surface area (Å²) in [6.07, 6.45) is 3.35. The van der Waals surface area contributed by atoms with Gasteiger partial charge in [0.25, 0.3) is 0 Å². The smallest absolute Gasteiger partial charge is 0.172 e. The lowest BCUT2D eigenvalue weighted by Gasteiger charge is -2.25. The van der Waals surface area contributed by atoms with Gasteiger partial charge in [-0.05, 0) is 37.6 Å². The third kappa shape index (κ3) is 2.71. The number of nitrogens with zero attached hydrogens (tertiary/aromatic N) is 3. The van der Waals surface area contributed by atoms with E-state index in [9.17, 15) is 0 Å². The summed E-state index contributed by atoms with van der Waals surface area (Å²) < 4.78 is 0. The van der Waals surface area contributed by atoms with Crippen LogP contribution in [-0.2, 0) is 0 Å². The van der Waals surface area contributed by atoms with Gasteiger partial charge in [-0.1, -0.05) is 17.3 Å². The topological polar surface area (TPSA) is 74.7 Å². The lowest BCUT2D eigenvalue weighted by atomic mass is 10.1. The predicted octanol–water partition coefficient (Wildman–Crippen LogP) is 2.64. The maximum Gasteiger partial charge on any atom is 0.172 e. The Hall–Kier alpha value is -2.56. The average molecular weight is 270 g/mol. The maximum atomic E-state index is 8.91. The van der Waals surface area contributed by atoms with Crippen LogP contribution in [0.2, 0.25) is 0 Å². The minimum Gasteiger partial charge on any atom is -0.409 e. The summed E-state index contributed by atoms with van der Waals surface area (Å²) in [5.41, 5.74) is 9.44. The molecule has 1 heterocycles. The predicted molar refractivity (Wildman–Crippen MR) is 80.6 cm³/mol. The number of hydrogen-bond acceptors (Lipinski definition) is 4. The van der Waals surface area contributed by atoms with Gasteiger partial charge in [-0.2, -0.15) is 0 Å². The molecule has 0 aliphatic heterocycles. The highest BCUT2D eigenvalue weighted by Crippen LogP contribution is 2.28. The van der Waals surface area contributed by atoms with Gasteiger partial charge in [0.05, 0.1) is 11.9 Å². The van der Waals surface area contributed by atoms with Crippen molar-refractivity contribution in [1.29, 1.82) is 0 Å². The number of aryl methyl sites for hydroxylation is 1. The van der Waals surface area contributed by atoms with Crippen molar-refractivity contribution in [3.05, 3.63) is 53.9 Å². The first kappa shape index (κ1) is 13.9. The molecule has 0 fully saturated rings. The van der Waals surface area contributed by atoms with Crippen LogP contribution in [-0.4, -0.2) is 22.6 Å². The van der Waals surface area contributed by atoms with Crippen molar-refractivity contribution in [3.63, 3.8) is 0 Å². The molecule has 0 atom stereocenters. The van der Waals surface area contributed by atoms with Gasteiger partial charge in [0.1, 0.15) is 0 Å². The van der Waals surface area contributed by atoms with E-state index < -0.39 is 0 Å². The number of anilines is 2. The van der Waals surface area contributed by atoms with E-state index in [2.05, 4.69) is 21.1 Å². The van der Waals surface area contributed by atoms with E-state index in [0.29, 0.717) is 5.56 Å². The Balaban J connectivity index is 2.53. The van der Waals surface area contributed by atoms with Crippen LogP contribution in [0.15, 0.2) is 47.9 Å². The van der Waals surface area contributed by atoms with Gasteiger partial charge in [0, 0.05) is 24.0 Å². The van der Waals surface area contributed by atoms with Crippen molar-refractivity contribution < 1.29 is 5.21 Å². The number of pyridine rings is 1. The van der Waals surface area contributed by atoms with Crippen LogP contribution < -0.4 is 10.6 Å². The summed E-state index contributed by atoms with van der Waals surface area (Å²) >= 11 is 0. The molecule has 5 nitrogen and oxygen atoms in total. The van der Waals surface area contributed by atoms with Gasteiger partial charge < -0.3 is 15.8 Å². The lowest BCUT2D eigenvalue weighted by molar-refractivity contribution is 0.318. The van der Waals surface area contributed by atoms with E-state index in [4.69, 9.17) is 10.9 Å². The molecule has 104 valence electrons. The van der Waals surface area contributed by atoms with Crippen LogP contribution in [0.3, 0.4) is 0 Å². The SMILES string of the molecule is CCN(c1cccc(C)c1)c1cnccc1/C(N)=N/O. The highest BCUT2D eigenvalue weighted by molar-refractivity contribution is 6.02. The normalized spacial score (nSPS) is 11.4. The molecular weight excluding hydrogens is 252 g/mol. The Bertz CT molecular complexity index is 625. The van der Waals surface area contributed by atoms with Crippen molar-refractivity contribution >= 4 is 17.2 Å². The largest absolute Gasteiger partial charge is 0.409 e. The fourth-order valence-electron chi connectivity index (χ4n) is 2.16. The van der Waals surface area contributed by atoms with Crippen LogP contribution in [0.4, 0.5) is 11.4 Å². The zero-order valence-electron chi connectivity index (χ0n) is 11.6. The molecule has 20 heavy (non-hydrogen) atoms. The van der Waals surface area contributed by atoms with Crippen molar-refractivity contribution in [3.8, 4) is 0 Å². The molecule has 2 rings (SSSR count). The van der Waals surface area contributed by atoms with Crippen LogP contribution in [0.1, 0.15) is 18.1 Å². The zero-order chi connectivity index (χ0) is 14.5. The Morgan fingerprint density at radius 1 is 1.40 bits per heavy atom. The van der Waals surface area contributed by atoms with E-state index in [1.165, 1.54) is 5.56 Å².